The Labute approximate surface area is 161 Å². The van der Waals surface area contributed by atoms with Gasteiger partial charge >= 0.3 is 6.61 Å². The Balaban J connectivity index is 1.44. The van der Waals surface area contributed by atoms with Gasteiger partial charge in [0.15, 0.2) is 0 Å². The number of benzene rings is 1. The van der Waals surface area contributed by atoms with Crippen LogP contribution < -0.4 is 10.1 Å². The molecule has 2 unspecified atom stereocenters. The highest BCUT2D eigenvalue weighted by Crippen LogP contribution is 2.33. The molecular weight excluding hydrogens is 370 g/mol. The summed E-state index contributed by atoms with van der Waals surface area (Å²) in [4.78, 5) is 16.4. The summed E-state index contributed by atoms with van der Waals surface area (Å²) in [6.07, 6.45) is 4.44. The van der Waals surface area contributed by atoms with E-state index in [1.807, 2.05) is 24.1 Å². The number of hydrogen-bond donors (Lipinski definition) is 1. The van der Waals surface area contributed by atoms with Crippen LogP contribution in [0.5, 0.6) is 5.75 Å². The maximum atomic E-state index is 12.9. The lowest BCUT2D eigenvalue weighted by molar-refractivity contribution is -0.0498. The van der Waals surface area contributed by atoms with Gasteiger partial charge in [0.1, 0.15) is 5.75 Å². The summed E-state index contributed by atoms with van der Waals surface area (Å²) in [5.41, 5.74) is 0.878. The van der Waals surface area contributed by atoms with Gasteiger partial charge < -0.3 is 15.0 Å². The van der Waals surface area contributed by atoms with Crippen LogP contribution in [-0.4, -0.2) is 42.6 Å². The minimum atomic E-state index is -2.83. The molecule has 1 aromatic carbocycles. The SMILES string of the molecule is CN(C(=O)c1ccc(-c2ccc(OC(F)F)cc2)s1)C1CC2CCC(C1)N2. The highest BCUT2D eigenvalue weighted by molar-refractivity contribution is 7.17. The van der Waals surface area contributed by atoms with Gasteiger partial charge in [-0.2, -0.15) is 8.78 Å². The number of rotatable bonds is 5. The van der Waals surface area contributed by atoms with Gasteiger partial charge in [0, 0.05) is 30.1 Å². The second-order valence-corrected chi connectivity index (χ2v) is 8.33. The minimum Gasteiger partial charge on any atom is -0.435 e. The van der Waals surface area contributed by atoms with E-state index in [4.69, 9.17) is 0 Å². The molecule has 2 fully saturated rings. The largest absolute Gasteiger partial charge is 0.435 e. The predicted molar refractivity (Wildman–Crippen MR) is 101 cm³/mol. The van der Waals surface area contributed by atoms with Crippen molar-refractivity contribution in [3.63, 3.8) is 0 Å². The summed E-state index contributed by atoms with van der Waals surface area (Å²) in [7, 11) is 1.90. The maximum absolute atomic E-state index is 12.9. The topological polar surface area (TPSA) is 41.6 Å². The van der Waals surface area contributed by atoms with Gasteiger partial charge in [0.2, 0.25) is 0 Å². The molecule has 1 N–H and O–H groups in total. The zero-order valence-corrected chi connectivity index (χ0v) is 15.8. The van der Waals surface area contributed by atoms with Crippen molar-refractivity contribution < 1.29 is 18.3 Å². The van der Waals surface area contributed by atoms with Crippen molar-refractivity contribution in [2.24, 2.45) is 0 Å². The zero-order valence-electron chi connectivity index (χ0n) is 15.0. The van der Waals surface area contributed by atoms with Crippen molar-refractivity contribution in [2.75, 3.05) is 7.05 Å². The molecule has 4 nitrogen and oxygen atoms in total. The number of thiophene rings is 1. The number of halogens is 2. The molecule has 0 spiro atoms. The lowest BCUT2D eigenvalue weighted by atomic mass is 9.98. The monoisotopic (exact) mass is 392 g/mol. The number of alkyl halides is 2. The van der Waals surface area contributed by atoms with E-state index in [1.54, 1.807) is 12.1 Å². The Morgan fingerprint density at radius 1 is 1.15 bits per heavy atom. The number of hydrogen-bond acceptors (Lipinski definition) is 4. The maximum Gasteiger partial charge on any atom is 0.387 e. The van der Waals surface area contributed by atoms with Gasteiger partial charge in [0.25, 0.3) is 5.91 Å². The summed E-state index contributed by atoms with van der Waals surface area (Å²) >= 11 is 1.43. The van der Waals surface area contributed by atoms with E-state index >= 15 is 0 Å². The van der Waals surface area contributed by atoms with Gasteiger partial charge in [-0.1, -0.05) is 0 Å². The molecular formula is C20H22F2N2O2S. The summed E-state index contributed by atoms with van der Waals surface area (Å²) in [6, 6.07) is 11.6. The van der Waals surface area contributed by atoms with Crippen LogP contribution in [0.4, 0.5) is 8.78 Å². The highest BCUT2D eigenvalue weighted by Gasteiger charge is 2.36. The van der Waals surface area contributed by atoms with Crippen molar-refractivity contribution in [1.29, 1.82) is 0 Å². The molecule has 1 aromatic heterocycles. The second kappa shape index (κ2) is 7.56. The normalized spacial score (nSPS) is 24.2. The van der Waals surface area contributed by atoms with Crippen LogP contribution in [0.2, 0.25) is 0 Å². The molecule has 2 aliphatic rings. The van der Waals surface area contributed by atoms with Crippen molar-refractivity contribution in [3.8, 4) is 16.2 Å². The molecule has 4 rings (SSSR count). The number of carbonyl (C=O) groups is 1. The molecule has 27 heavy (non-hydrogen) atoms. The van der Waals surface area contributed by atoms with Crippen molar-refractivity contribution in [1.82, 2.24) is 10.2 Å². The third-order valence-electron chi connectivity index (χ3n) is 5.50. The molecule has 3 heterocycles. The summed E-state index contributed by atoms with van der Waals surface area (Å²) < 4.78 is 28.9. The van der Waals surface area contributed by atoms with E-state index in [0.717, 1.165) is 23.3 Å². The van der Waals surface area contributed by atoms with Gasteiger partial charge in [-0.05, 0) is 67.6 Å². The van der Waals surface area contributed by atoms with Crippen LogP contribution in [0.1, 0.15) is 35.4 Å². The summed E-state index contributed by atoms with van der Waals surface area (Å²) in [5.74, 6) is 0.178. The molecule has 2 atom stereocenters. The summed E-state index contributed by atoms with van der Waals surface area (Å²) in [6.45, 7) is -2.83. The molecule has 1 amide bonds. The highest BCUT2D eigenvalue weighted by atomic mass is 32.1. The molecule has 0 saturated carbocycles. The molecule has 2 aliphatic heterocycles. The fourth-order valence-corrected chi connectivity index (χ4v) is 5.09. The average Bonchev–Trinajstić information content (AvgIpc) is 3.27. The molecule has 2 aromatic rings. The first-order valence-electron chi connectivity index (χ1n) is 9.18. The van der Waals surface area contributed by atoms with Crippen LogP contribution in [-0.2, 0) is 0 Å². The molecule has 7 heteroatoms. The van der Waals surface area contributed by atoms with Crippen molar-refractivity contribution >= 4 is 17.2 Å². The lowest BCUT2D eigenvalue weighted by Gasteiger charge is -2.35. The number of fused-ring (bicyclic) bond motifs is 2. The fraction of sp³-hybridized carbons (Fsp3) is 0.450. The molecule has 2 saturated heterocycles. The minimum absolute atomic E-state index is 0.0511. The van der Waals surface area contributed by atoms with Crippen LogP contribution in [0.3, 0.4) is 0 Å². The molecule has 0 radical (unpaired) electrons. The number of ether oxygens (including phenoxy) is 1. The predicted octanol–water partition coefficient (Wildman–Crippen LogP) is 4.37. The van der Waals surface area contributed by atoms with Crippen molar-refractivity contribution in [3.05, 3.63) is 41.3 Å². The number of piperidine rings is 1. The first kappa shape index (κ1) is 18.4. The number of carbonyl (C=O) groups excluding carboxylic acids is 1. The number of amides is 1. The zero-order chi connectivity index (χ0) is 19.0. The van der Waals surface area contributed by atoms with E-state index in [2.05, 4.69) is 10.1 Å². The van der Waals surface area contributed by atoms with Crippen molar-refractivity contribution in [2.45, 2.75) is 50.4 Å². The number of nitrogens with zero attached hydrogens (tertiary/aromatic N) is 1. The third-order valence-corrected chi connectivity index (χ3v) is 6.62. The second-order valence-electron chi connectivity index (χ2n) is 7.25. The van der Waals surface area contributed by atoms with Gasteiger partial charge in [-0.15, -0.1) is 11.3 Å². The van der Waals surface area contributed by atoms with Gasteiger partial charge in [-0.25, -0.2) is 0 Å². The summed E-state index contributed by atoms with van der Waals surface area (Å²) in [5, 5.41) is 3.60. The third kappa shape index (κ3) is 3.99. The Morgan fingerprint density at radius 3 is 2.44 bits per heavy atom. The van der Waals surface area contributed by atoms with E-state index in [1.165, 1.54) is 36.3 Å². The van der Waals surface area contributed by atoms with Crippen LogP contribution in [0, 0.1) is 0 Å². The Hall–Kier alpha value is -1.99. The van der Waals surface area contributed by atoms with Crippen LogP contribution in [0.25, 0.3) is 10.4 Å². The number of nitrogens with one attached hydrogen (secondary N) is 1. The molecule has 2 bridgehead atoms. The smallest absolute Gasteiger partial charge is 0.387 e. The first-order valence-corrected chi connectivity index (χ1v) is 9.99. The van der Waals surface area contributed by atoms with E-state index < -0.39 is 6.61 Å². The van der Waals surface area contributed by atoms with E-state index in [0.29, 0.717) is 17.0 Å². The first-order chi connectivity index (χ1) is 13.0. The molecule has 0 aliphatic carbocycles. The van der Waals surface area contributed by atoms with Crippen LogP contribution in [0.15, 0.2) is 36.4 Å². The standard InChI is InChI=1S/C20H22F2N2O2S/c1-24(15-10-13-4-5-14(11-15)23-13)19(25)18-9-8-17(27-18)12-2-6-16(7-3-12)26-20(21)22/h2-3,6-9,13-15,20,23H,4-5,10-11H2,1H3. The van der Waals surface area contributed by atoms with Crippen LogP contribution >= 0.6 is 11.3 Å². The average molecular weight is 392 g/mol. The van der Waals surface area contributed by atoms with E-state index in [9.17, 15) is 13.6 Å². The van der Waals surface area contributed by atoms with Gasteiger partial charge in [0.05, 0.1) is 4.88 Å². The Morgan fingerprint density at radius 2 is 1.81 bits per heavy atom. The Bertz CT molecular complexity index is 797. The van der Waals surface area contributed by atoms with E-state index in [-0.39, 0.29) is 17.7 Å². The van der Waals surface area contributed by atoms with Gasteiger partial charge in [-0.3, -0.25) is 4.79 Å². The lowest BCUT2D eigenvalue weighted by Crippen LogP contribution is -2.48. The molecule has 144 valence electrons. The fourth-order valence-electron chi connectivity index (χ4n) is 4.09. The quantitative estimate of drug-likeness (QED) is 0.822. The Kier molecular flexibility index (Phi) is 5.14.